The molecule has 0 saturated heterocycles. The molecular formula is C29H31N3O3S. The molecule has 1 aliphatic carbocycles. The zero-order valence-electron chi connectivity index (χ0n) is 21.0. The number of hydrogen-bond acceptors (Lipinski definition) is 5. The number of carbonyl (C=O) groups excluding carboxylic acids is 2. The number of hydrogen-bond donors (Lipinski definition) is 1. The highest BCUT2D eigenvalue weighted by Gasteiger charge is 2.28. The van der Waals surface area contributed by atoms with E-state index in [4.69, 9.17) is 4.74 Å². The molecule has 3 aromatic rings. The number of esters is 1. The van der Waals surface area contributed by atoms with Gasteiger partial charge in [0.05, 0.1) is 12.2 Å². The van der Waals surface area contributed by atoms with Gasteiger partial charge in [-0.1, -0.05) is 30.3 Å². The standard InChI is InChI=1S/C29H31N3O3S/c1-4-35-29(34)26-24-12-8-9-13-25(24)36-28(26)32-19(2)16-22(20(32)3)17-23(18-30)27(33)31-15-14-21-10-6-5-7-11-21/h5-7,10-11,16-17H,4,8-9,12-15H2,1-3H3,(H,31,33)/b23-17+. The van der Waals surface area contributed by atoms with Crippen LogP contribution in [-0.4, -0.2) is 29.6 Å². The Hall–Kier alpha value is -3.63. The van der Waals surface area contributed by atoms with E-state index in [1.807, 2.05) is 63.2 Å². The second kappa shape index (κ2) is 11.4. The number of thiophene rings is 1. The summed E-state index contributed by atoms with van der Waals surface area (Å²) in [5.74, 6) is -0.677. The maximum Gasteiger partial charge on any atom is 0.341 e. The lowest BCUT2D eigenvalue weighted by Gasteiger charge is -2.13. The van der Waals surface area contributed by atoms with E-state index in [9.17, 15) is 14.9 Å². The SMILES string of the molecule is CCOC(=O)c1c(-n2c(C)cc(/C=C(\C#N)C(=O)NCCc3ccccc3)c2C)sc2c1CCCC2. The third kappa shape index (κ3) is 5.29. The Morgan fingerprint density at radius 1 is 1.19 bits per heavy atom. The molecular weight excluding hydrogens is 470 g/mol. The Kier molecular flexibility index (Phi) is 8.07. The summed E-state index contributed by atoms with van der Waals surface area (Å²) >= 11 is 1.65. The summed E-state index contributed by atoms with van der Waals surface area (Å²) in [6.07, 6.45) is 6.37. The van der Waals surface area contributed by atoms with Crippen molar-refractivity contribution in [2.75, 3.05) is 13.2 Å². The number of benzene rings is 1. The molecule has 0 atom stereocenters. The van der Waals surface area contributed by atoms with Crippen molar-refractivity contribution in [3.8, 4) is 11.1 Å². The summed E-state index contributed by atoms with van der Waals surface area (Å²) in [6.45, 7) is 6.52. The largest absolute Gasteiger partial charge is 0.462 e. The van der Waals surface area contributed by atoms with Gasteiger partial charge < -0.3 is 14.6 Å². The van der Waals surface area contributed by atoms with Crippen LogP contribution in [0.25, 0.3) is 11.1 Å². The Morgan fingerprint density at radius 2 is 1.94 bits per heavy atom. The maximum atomic E-state index is 13.0. The van der Waals surface area contributed by atoms with Crippen LogP contribution in [-0.2, 0) is 28.8 Å². The highest BCUT2D eigenvalue weighted by molar-refractivity contribution is 7.15. The molecule has 4 rings (SSSR count). The van der Waals surface area contributed by atoms with Crippen LogP contribution in [0, 0.1) is 25.2 Å². The Labute approximate surface area is 216 Å². The highest BCUT2D eigenvalue weighted by atomic mass is 32.1. The van der Waals surface area contributed by atoms with Gasteiger partial charge in [-0.15, -0.1) is 11.3 Å². The van der Waals surface area contributed by atoms with Crippen LogP contribution in [0.3, 0.4) is 0 Å². The molecule has 0 fully saturated rings. The molecule has 186 valence electrons. The van der Waals surface area contributed by atoms with Crippen LogP contribution >= 0.6 is 11.3 Å². The molecule has 1 aliphatic rings. The summed E-state index contributed by atoms with van der Waals surface area (Å²) in [5, 5.41) is 13.4. The normalized spacial score (nSPS) is 13.1. The summed E-state index contributed by atoms with van der Waals surface area (Å²) < 4.78 is 7.49. The van der Waals surface area contributed by atoms with Crippen LogP contribution in [0.2, 0.25) is 0 Å². The van der Waals surface area contributed by atoms with E-state index in [0.29, 0.717) is 25.1 Å². The van der Waals surface area contributed by atoms with Gasteiger partial charge >= 0.3 is 5.97 Å². The lowest BCUT2D eigenvalue weighted by atomic mass is 9.95. The van der Waals surface area contributed by atoms with Crippen molar-refractivity contribution in [1.82, 2.24) is 9.88 Å². The summed E-state index contributed by atoms with van der Waals surface area (Å²) in [6, 6.07) is 13.9. The van der Waals surface area contributed by atoms with E-state index in [1.165, 1.54) is 4.88 Å². The summed E-state index contributed by atoms with van der Waals surface area (Å²) in [7, 11) is 0. The van der Waals surface area contributed by atoms with Gasteiger partial charge in [-0.25, -0.2) is 4.79 Å². The zero-order valence-corrected chi connectivity index (χ0v) is 21.8. The molecule has 7 heteroatoms. The molecule has 2 heterocycles. The molecule has 0 unspecified atom stereocenters. The second-order valence-electron chi connectivity index (χ2n) is 8.93. The molecule has 6 nitrogen and oxygen atoms in total. The number of aryl methyl sites for hydroxylation is 2. The number of fused-ring (bicyclic) bond motifs is 1. The fourth-order valence-electron chi connectivity index (χ4n) is 4.73. The minimum atomic E-state index is -0.392. The smallest absolute Gasteiger partial charge is 0.341 e. The van der Waals surface area contributed by atoms with Crippen LogP contribution in [0.4, 0.5) is 0 Å². The van der Waals surface area contributed by atoms with E-state index in [0.717, 1.165) is 58.8 Å². The first-order valence-corrected chi connectivity index (χ1v) is 13.2. The minimum Gasteiger partial charge on any atom is -0.462 e. The van der Waals surface area contributed by atoms with Crippen molar-refractivity contribution >= 4 is 29.3 Å². The van der Waals surface area contributed by atoms with Gasteiger partial charge in [0.2, 0.25) is 0 Å². The van der Waals surface area contributed by atoms with E-state index >= 15 is 0 Å². The highest BCUT2D eigenvalue weighted by Crippen LogP contribution is 2.39. The van der Waals surface area contributed by atoms with Crippen molar-refractivity contribution in [1.29, 1.82) is 5.26 Å². The molecule has 2 aromatic heterocycles. The lowest BCUT2D eigenvalue weighted by Crippen LogP contribution is -2.26. The number of rotatable bonds is 8. The first-order chi connectivity index (χ1) is 17.4. The second-order valence-corrected chi connectivity index (χ2v) is 10.0. The van der Waals surface area contributed by atoms with Crippen molar-refractivity contribution in [2.24, 2.45) is 0 Å². The number of aromatic nitrogens is 1. The lowest BCUT2D eigenvalue weighted by molar-refractivity contribution is -0.117. The van der Waals surface area contributed by atoms with E-state index in [1.54, 1.807) is 17.4 Å². The van der Waals surface area contributed by atoms with Crippen molar-refractivity contribution in [3.63, 3.8) is 0 Å². The molecule has 1 N–H and O–H groups in total. The Balaban J connectivity index is 1.62. The number of nitriles is 1. The average molecular weight is 502 g/mol. The third-order valence-corrected chi connectivity index (χ3v) is 7.79. The van der Waals surface area contributed by atoms with Gasteiger partial charge in [0.1, 0.15) is 16.6 Å². The Morgan fingerprint density at radius 3 is 2.67 bits per heavy atom. The average Bonchev–Trinajstić information content (AvgIpc) is 3.39. The van der Waals surface area contributed by atoms with Crippen molar-refractivity contribution in [2.45, 2.75) is 52.9 Å². The maximum absolute atomic E-state index is 13.0. The number of amides is 1. The quantitative estimate of drug-likeness (QED) is 0.252. The zero-order chi connectivity index (χ0) is 25.7. The molecule has 0 bridgehead atoms. The fraction of sp³-hybridized carbons (Fsp3) is 0.345. The van der Waals surface area contributed by atoms with Gasteiger partial charge in [-0.3, -0.25) is 4.79 Å². The Bertz CT molecular complexity index is 1340. The molecule has 36 heavy (non-hydrogen) atoms. The molecule has 1 amide bonds. The first-order valence-electron chi connectivity index (χ1n) is 12.4. The van der Waals surface area contributed by atoms with Crippen LogP contribution < -0.4 is 5.32 Å². The van der Waals surface area contributed by atoms with Gasteiger partial charge in [0, 0.05) is 22.8 Å². The number of nitrogens with zero attached hydrogens (tertiary/aromatic N) is 2. The van der Waals surface area contributed by atoms with E-state index in [-0.39, 0.29) is 11.5 Å². The van der Waals surface area contributed by atoms with Gasteiger partial charge in [-0.05, 0) is 81.7 Å². The summed E-state index contributed by atoms with van der Waals surface area (Å²) in [5.41, 5.74) is 5.54. The molecule has 1 aromatic carbocycles. The van der Waals surface area contributed by atoms with Crippen LogP contribution in [0.15, 0.2) is 42.0 Å². The van der Waals surface area contributed by atoms with Gasteiger partial charge in [0.25, 0.3) is 5.91 Å². The fourth-order valence-corrected chi connectivity index (χ4v) is 6.22. The number of carbonyl (C=O) groups is 2. The van der Waals surface area contributed by atoms with Gasteiger partial charge in [-0.2, -0.15) is 5.26 Å². The topological polar surface area (TPSA) is 84.1 Å². The van der Waals surface area contributed by atoms with E-state index in [2.05, 4.69) is 9.88 Å². The van der Waals surface area contributed by atoms with Crippen molar-refractivity contribution in [3.05, 3.63) is 80.5 Å². The molecule has 0 spiro atoms. The van der Waals surface area contributed by atoms with Crippen molar-refractivity contribution < 1.29 is 14.3 Å². The molecule has 0 saturated carbocycles. The molecule has 0 aliphatic heterocycles. The minimum absolute atomic E-state index is 0.0550. The number of ether oxygens (including phenoxy) is 1. The predicted molar refractivity (Wildman–Crippen MR) is 142 cm³/mol. The predicted octanol–water partition coefficient (Wildman–Crippen LogP) is 5.48. The third-order valence-electron chi connectivity index (χ3n) is 6.51. The van der Waals surface area contributed by atoms with Gasteiger partial charge in [0.15, 0.2) is 0 Å². The van der Waals surface area contributed by atoms with Crippen LogP contribution in [0.1, 0.15) is 63.1 Å². The first kappa shape index (κ1) is 25.5. The summed E-state index contributed by atoms with van der Waals surface area (Å²) in [4.78, 5) is 27.0. The number of nitrogens with one attached hydrogen (secondary N) is 1. The van der Waals surface area contributed by atoms with Crippen LogP contribution in [0.5, 0.6) is 0 Å². The monoisotopic (exact) mass is 501 g/mol. The van der Waals surface area contributed by atoms with E-state index < -0.39 is 5.91 Å². The molecule has 0 radical (unpaired) electrons.